The molecule has 4 aliphatic carbocycles. The van der Waals surface area contributed by atoms with Crippen LogP contribution in [0.25, 0.3) is 0 Å². The van der Waals surface area contributed by atoms with Crippen molar-refractivity contribution in [2.75, 3.05) is 5.33 Å². The van der Waals surface area contributed by atoms with Crippen molar-refractivity contribution in [1.82, 2.24) is 0 Å². The summed E-state index contributed by atoms with van der Waals surface area (Å²) in [6.45, 7) is 1.85. The van der Waals surface area contributed by atoms with Gasteiger partial charge >= 0.3 is 5.97 Å². The van der Waals surface area contributed by atoms with Gasteiger partial charge in [0.2, 0.25) is 6.29 Å². The van der Waals surface area contributed by atoms with E-state index >= 15 is 0 Å². The van der Waals surface area contributed by atoms with E-state index < -0.39 is 6.29 Å². The molecule has 0 aromatic heterocycles. The molecule has 4 bridgehead atoms. The second kappa shape index (κ2) is 4.78. The molecule has 0 saturated heterocycles. The quantitative estimate of drug-likeness (QED) is 0.453. The second-order valence-corrected chi connectivity index (χ2v) is 6.97. The predicted molar refractivity (Wildman–Crippen MR) is 71.3 cm³/mol. The zero-order valence-electron chi connectivity index (χ0n) is 10.9. The molecule has 3 nitrogen and oxygen atoms in total. The van der Waals surface area contributed by atoms with Crippen molar-refractivity contribution in [2.45, 2.75) is 57.3 Å². The molecule has 0 aliphatic heterocycles. The van der Waals surface area contributed by atoms with Gasteiger partial charge in [0, 0.05) is 0 Å². The molecule has 4 saturated carbocycles. The van der Waals surface area contributed by atoms with Gasteiger partial charge in [-0.3, -0.25) is 4.79 Å². The number of ether oxygens (including phenoxy) is 2. The minimum absolute atomic E-state index is 0.0146. The van der Waals surface area contributed by atoms with Gasteiger partial charge in [0.15, 0.2) is 0 Å². The van der Waals surface area contributed by atoms with Gasteiger partial charge in [0.25, 0.3) is 0 Å². The molecule has 0 N–H and O–H groups in total. The fourth-order valence-electron chi connectivity index (χ4n) is 4.77. The lowest BCUT2D eigenvalue weighted by atomic mass is 9.54. The van der Waals surface area contributed by atoms with Gasteiger partial charge in [0.1, 0.15) is 5.33 Å². The van der Waals surface area contributed by atoms with Gasteiger partial charge in [-0.25, -0.2) is 0 Å². The van der Waals surface area contributed by atoms with E-state index in [-0.39, 0.29) is 16.9 Å². The summed E-state index contributed by atoms with van der Waals surface area (Å²) in [5.41, 5.74) is 0.0146. The maximum absolute atomic E-state index is 11.3. The van der Waals surface area contributed by atoms with E-state index in [4.69, 9.17) is 9.47 Å². The van der Waals surface area contributed by atoms with Crippen LogP contribution in [0.1, 0.15) is 45.4 Å². The molecule has 4 fully saturated rings. The molecule has 1 atom stereocenters. The van der Waals surface area contributed by atoms with Crippen LogP contribution in [0, 0.1) is 17.8 Å². The minimum atomic E-state index is -0.411. The van der Waals surface area contributed by atoms with Gasteiger partial charge in [-0.15, -0.1) is 0 Å². The topological polar surface area (TPSA) is 35.5 Å². The Morgan fingerprint density at radius 1 is 1.22 bits per heavy atom. The fourth-order valence-corrected chi connectivity index (χ4v) is 4.90. The highest BCUT2D eigenvalue weighted by molar-refractivity contribution is 9.09. The first-order valence-electron chi connectivity index (χ1n) is 7.02. The Morgan fingerprint density at radius 3 is 2.17 bits per heavy atom. The number of halogens is 1. The molecule has 0 radical (unpaired) electrons. The number of esters is 1. The third kappa shape index (κ3) is 2.46. The Bertz CT molecular complexity index is 307. The molecule has 4 aliphatic rings. The number of alkyl halides is 1. The van der Waals surface area contributed by atoms with Crippen LogP contribution in [0.15, 0.2) is 0 Å². The number of carbonyl (C=O) groups excluding carboxylic acids is 1. The van der Waals surface area contributed by atoms with E-state index in [2.05, 4.69) is 15.9 Å². The molecule has 102 valence electrons. The molecule has 18 heavy (non-hydrogen) atoms. The Labute approximate surface area is 117 Å². The fraction of sp³-hybridized carbons (Fsp3) is 0.929. The Morgan fingerprint density at radius 2 is 1.72 bits per heavy atom. The average Bonchev–Trinajstić information content (AvgIpc) is 2.25. The van der Waals surface area contributed by atoms with Crippen molar-refractivity contribution in [1.29, 1.82) is 0 Å². The minimum Gasteiger partial charge on any atom is -0.435 e. The largest absolute Gasteiger partial charge is 0.435 e. The molecule has 0 heterocycles. The number of carbonyl (C=O) groups is 1. The highest BCUT2D eigenvalue weighted by Crippen LogP contribution is 2.57. The molecule has 1 unspecified atom stereocenters. The number of rotatable bonds is 4. The van der Waals surface area contributed by atoms with Crippen LogP contribution in [0.3, 0.4) is 0 Å². The maximum atomic E-state index is 11.3. The zero-order valence-corrected chi connectivity index (χ0v) is 12.4. The predicted octanol–water partition coefficient (Wildman–Crippen LogP) is 3.26. The van der Waals surface area contributed by atoms with Crippen LogP contribution >= 0.6 is 15.9 Å². The molecular weight excluding hydrogens is 296 g/mol. The summed E-state index contributed by atoms with van der Waals surface area (Å²) in [7, 11) is 0. The van der Waals surface area contributed by atoms with Crippen LogP contribution < -0.4 is 0 Å². The standard InChI is InChI=1S/C14H21BrO3/c1-9(17-13(16)8-15)18-14-5-10-2-11(6-14)4-12(3-10)7-14/h9-12H,2-8H2,1H3. The van der Waals surface area contributed by atoms with Gasteiger partial charge in [-0.2, -0.15) is 0 Å². The smallest absolute Gasteiger partial charge is 0.318 e. The van der Waals surface area contributed by atoms with E-state index in [1.54, 1.807) is 0 Å². The first kappa shape index (κ1) is 12.9. The molecule has 0 amide bonds. The molecule has 0 aromatic rings. The Balaban J connectivity index is 1.63. The van der Waals surface area contributed by atoms with Crippen molar-refractivity contribution in [2.24, 2.45) is 17.8 Å². The van der Waals surface area contributed by atoms with Gasteiger partial charge in [0.05, 0.1) is 5.60 Å². The first-order valence-corrected chi connectivity index (χ1v) is 8.14. The van der Waals surface area contributed by atoms with Crippen molar-refractivity contribution in [3.05, 3.63) is 0 Å². The lowest BCUT2D eigenvalue weighted by molar-refractivity contribution is -0.243. The van der Waals surface area contributed by atoms with Crippen LogP contribution in [0.2, 0.25) is 0 Å². The van der Waals surface area contributed by atoms with Crippen LogP contribution in [-0.2, 0) is 14.3 Å². The van der Waals surface area contributed by atoms with E-state index in [9.17, 15) is 4.79 Å². The monoisotopic (exact) mass is 316 g/mol. The number of hydrogen-bond acceptors (Lipinski definition) is 3. The first-order chi connectivity index (χ1) is 8.58. The van der Waals surface area contributed by atoms with Crippen molar-refractivity contribution in [3.8, 4) is 0 Å². The summed E-state index contributed by atoms with van der Waals surface area (Å²) in [5, 5.41) is 0.238. The van der Waals surface area contributed by atoms with E-state index in [1.807, 2.05) is 6.92 Å². The maximum Gasteiger partial charge on any atom is 0.318 e. The van der Waals surface area contributed by atoms with E-state index in [0.717, 1.165) is 17.8 Å². The van der Waals surface area contributed by atoms with E-state index in [1.165, 1.54) is 38.5 Å². The van der Waals surface area contributed by atoms with Gasteiger partial charge < -0.3 is 9.47 Å². The SMILES string of the molecule is CC(OC(=O)CBr)OC12CC3CC(CC(C3)C1)C2. The Kier molecular flexibility index (Phi) is 3.43. The summed E-state index contributed by atoms with van der Waals surface area (Å²) >= 11 is 3.11. The molecule has 4 rings (SSSR count). The highest BCUT2D eigenvalue weighted by Gasteiger charge is 2.52. The normalized spacial score (nSPS) is 42.9. The number of hydrogen-bond donors (Lipinski definition) is 0. The second-order valence-electron chi connectivity index (χ2n) is 6.41. The van der Waals surface area contributed by atoms with Gasteiger partial charge in [-0.1, -0.05) is 15.9 Å². The summed E-state index contributed by atoms with van der Waals surface area (Å²) in [6, 6.07) is 0. The average molecular weight is 317 g/mol. The Hall–Kier alpha value is -0.0900. The summed E-state index contributed by atoms with van der Waals surface area (Å²) in [4.78, 5) is 11.3. The van der Waals surface area contributed by atoms with Crippen LogP contribution in [-0.4, -0.2) is 23.2 Å². The molecular formula is C14H21BrO3. The molecule has 0 aromatic carbocycles. The summed E-state index contributed by atoms with van der Waals surface area (Å²) < 4.78 is 11.4. The molecule has 0 spiro atoms. The van der Waals surface area contributed by atoms with E-state index in [0.29, 0.717) is 0 Å². The lowest BCUT2D eigenvalue weighted by Gasteiger charge is -2.56. The summed E-state index contributed by atoms with van der Waals surface area (Å²) in [6.07, 6.45) is 7.32. The zero-order chi connectivity index (χ0) is 12.8. The third-order valence-corrected chi connectivity index (χ3v) is 5.26. The van der Waals surface area contributed by atoms with Crippen LogP contribution in [0.4, 0.5) is 0 Å². The van der Waals surface area contributed by atoms with Gasteiger partial charge in [-0.05, 0) is 63.2 Å². The third-order valence-electron chi connectivity index (χ3n) is 4.80. The van der Waals surface area contributed by atoms with Crippen molar-refractivity contribution < 1.29 is 14.3 Å². The van der Waals surface area contributed by atoms with Crippen molar-refractivity contribution in [3.63, 3.8) is 0 Å². The van der Waals surface area contributed by atoms with Crippen molar-refractivity contribution >= 4 is 21.9 Å². The highest BCUT2D eigenvalue weighted by atomic mass is 79.9. The lowest BCUT2D eigenvalue weighted by Crippen LogP contribution is -2.53. The van der Waals surface area contributed by atoms with Crippen LogP contribution in [0.5, 0.6) is 0 Å². The summed E-state index contributed by atoms with van der Waals surface area (Å²) in [5.74, 6) is 2.33. The molecule has 4 heteroatoms.